The van der Waals surface area contributed by atoms with Gasteiger partial charge in [0.05, 0.1) is 0 Å². The van der Waals surface area contributed by atoms with Crippen LogP contribution in [0.2, 0.25) is 0 Å². The molecule has 0 bridgehead atoms. The van der Waals surface area contributed by atoms with Crippen molar-refractivity contribution in [3.05, 3.63) is 35.7 Å². The Balaban J connectivity index is 2.18. The molecule has 0 fully saturated rings. The van der Waals surface area contributed by atoms with Crippen LogP contribution >= 0.6 is 11.6 Å². The minimum atomic E-state index is 0.225. The van der Waals surface area contributed by atoms with Crippen LogP contribution in [-0.2, 0) is 5.88 Å². The number of nitrogens with one attached hydrogen (secondary N) is 1. The molecule has 1 aromatic carbocycles. The van der Waals surface area contributed by atoms with Crippen molar-refractivity contribution in [3.8, 4) is 0 Å². The molecule has 0 unspecified atom stereocenters. The predicted octanol–water partition coefficient (Wildman–Crippen LogP) is 2.86. The number of nitrogens with zero attached hydrogens (tertiary/aromatic N) is 2. The van der Waals surface area contributed by atoms with Gasteiger partial charge in [0.15, 0.2) is 0 Å². The number of para-hydroxylation sites is 1. The lowest BCUT2D eigenvalue weighted by Crippen LogP contribution is -1.92. The smallest absolute Gasteiger partial charge is 0.320 e. The Morgan fingerprint density at radius 1 is 1.33 bits per heavy atom. The topological polar surface area (TPSA) is 51.0 Å². The molecule has 0 amide bonds. The summed E-state index contributed by atoms with van der Waals surface area (Å²) in [4.78, 5) is 0. The van der Waals surface area contributed by atoms with Crippen LogP contribution in [0.4, 0.5) is 11.7 Å². The summed E-state index contributed by atoms with van der Waals surface area (Å²) in [5.41, 5.74) is 2.06. The molecule has 0 saturated carbocycles. The molecule has 1 aromatic heterocycles. The van der Waals surface area contributed by atoms with Gasteiger partial charge in [-0.15, -0.1) is 16.7 Å². The van der Waals surface area contributed by atoms with Crippen LogP contribution < -0.4 is 5.32 Å². The van der Waals surface area contributed by atoms with E-state index < -0.39 is 0 Å². The van der Waals surface area contributed by atoms with E-state index in [4.69, 9.17) is 16.0 Å². The first-order valence-electron chi connectivity index (χ1n) is 4.50. The Kier molecular flexibility index (Phi) is 2.87. The van der Waals surface area contributed by atoms with Crippen molar-refractivity contribution in [3.63, 3.8) is 0 Å². The Morgan fingerprint density at radius 3 is 2.80 bits per heavy atom. The number of hydrogen-bond acceptors (Lipinski definition) is 4. The van der Waals surface area contributed by atoms with Crippen molar-refractivity contribution in [1.29, 1.82) is 0 Å². The largest absolute Gasteiger partial charge is 0.407 e. The van der Waals surface area contributed by atoms with Gasteiger partial charge in [0.1, 0.15) is 5.88 Å². The molecule has 4 nitrogen and oxygen atoms in total. The summed E-state index contributed by atoms with van der Waals surface area (Å²) in [5.74, 6) is 0.635. The molecule has 2 aromatic rings. The van der Waals surface area contributed by atoms with Gasteiger partial charge in [0.2, 0.25) is 5.89 Å². The Morgan fingerprint density at radius 2 is 2.13 bits per heavy atom. The van der Waals surface area contributed by atoms with E-state index in [0.29, 0.717) is 11.9 Å². The maximum atomic E-state index is 5.55. The monoisotopic (exact) mass is 223 g/mol. The van der Waals surface area contributed by atoms with Gasteiger partial charge < -0.3 is 9.73 Å². The van der Waals surface area contributed by atoms with Crippen molar-refractivity contribution in [2.24, 2.45) is 0 Å². The third-order valence-electron chi connectivity index (χ3n) is 1.97. The number of benzene rings is 1. The van der Waals surface area contributed by atoms with Gasteiger partial charge in [-0.2, -0.15) is 0 Å². The van der Waals surface area contributed by atoms with Gasteiger partial charge >= 0.3 is 6.01 Å². The molecule has 78 valence electrons. The molecule has 0 atom stereocenters. The average molecular weight is 224 g/mol. The molecular weight excluding hydrogens is 214 g/mol. The van der Waals surface area contributed by atoms with Crippen molar-refractivity contribution in [2.45, 2.75) is 12.8 Å². The maximum absolute atomic E-state index is 5.55. The lowest BCUT2D eigenvalue weighted by molar-refractivity contribution is 0.530. The first-order chi connectivity index (χ1) is 7.29. The minimum Gasteiger partial charge on any atom is -0.407 e. The van der Waals surface area contributed by atoms with Crippen LogP contribution in [-0.4, -0.2) is 10.2 Å². The molecule has 0 aliphatic rings. The lowest BCUT2D eigenvalue weighted by atomic mass is 10.2. The molecule has 1 heterocycles. The van der Waals surface area contributed by atoms with Gasteiger partial charge in [-0.1, -0.05) is 23.3 Å². The molecule has 15 heavy (non-hydrogen) atoms. The number of anilines is 2. The van der Waals surface area contributed by atoms with Gasteiger partial charge in [0.25, 0.3) is 0 Å². The van der Waals surface area contributed by atoms with Crippen LogP contribution in [0.25, 0.3) is 0 Å². The van der Waals surface area contributed by atoms with E-state index in [0.717, 1.165) is 11.3 Å². The van der Waals surface area contributed by atoms with Crippen LogP contribution in [0.1, 0.15) is 11.5 Å². The Labute approximate surface area is 92.3 Å². The van der Waals surface area contributed by atoms with Crippen LogP contribution in [0, 0.1) is 6.92 Å². The first kappa shape index (κ1) is 9.98. The fraction of sp³-hybridized carbons (Fsp3) is 0.200. The van der Waals surface area contributed by atoms with Crippen molar-refractivity contribution >= 4 is 23.3 Å². The third kappa shape index (κ3) is 2.27. The molecule has 0 aliphatic carbocycles. The Hall–Kier alpha value is -1.55. The molecule has 2 rings (SSSR count). The van der Waals surface area contributed by atoms with E-state index in [9.17, 15) is 0 Å². The number of hydrogen-bond donors (Lipinski definition) is 1. The normalized spacial score (nSPS) is 10.3. The second-order valence-electron chi connectivity index (χ2n) is 3.07. The minimum absolute atomic E-state index is 0.225. The highest BCUT2D eigenvalue weighted by Crippen LogP contribution is 2.19. The van der Waals surface area contributed by atoms with Crippen LogP contribution in [0.5, 0.6) is 0 Å². The molecule has 0 saturated heterocycles. The van der Waals surface area contributed by atoms with Crippen molar-refractivity contribution in [1.82, 2.24) is 10.2 Å². The van der Waals surface area contributed by atoms with Crippen LogP contribution in [0.3, 0.4) is 0 Å². The molecule has 0 aliphatic heterocycles. The molecule has 0 spiro atoms. The SMILES string of the molecule is Cc1ccccc1Nc1nnc(CCl)o1. The van der Waals surface area contributed by atoms with E-state index in [1.54, 1.807) is 0 Å². The standard InChI is InChI=1S/C10H10ClN3O/c1-7-4-2-3-5-8(7)12-10-14-13-9(6-11)15-10/h2-5H,6H2,1H3,(H,12,14). The summed E-state index contributed by atoms with van der Waals surface area (Å²) in [6, 6.07) is 8.22. The quantitative estimate of drug-likeness (QED) is 0.813. The number of aryl methyl sites for hydroxylation is 1. The fourth-order valence-electron chi connectivity index (χ4n) is 1.19. The maximum Gasteiger partial charge on any atom is 0.320 e. The zero-order valence-corrected chi connectivity index (χ0v) is 8.95. The summed E-state index contributed by atoms with van der Waals surface area (Å²) in [6.45, 7) is 2.00. The van der Waals surface area contributed by atoms with Gasteiger partial charge in [-0.25, -0.2) is 0 Å². The summed E-state index contributed by atoms with van der Waals surface area (Å²) in [5, 5.41) is 10.6. The summed E-state index contributed by atoms with van der Waals surface area (Å²) < 4.78 is 5.23. The number of halogens is 1. The number of alkyl halides is 1. The summed E-state index contributed by atoms with van der Waals surface area (Å²) in [7, 11) is 0. The zero-order chi connectivity index (χ0) is 10.7. The first-order valence-corrected chi connectivity index (χ1v) is 5.04. The highest BCUT2D eigenvalue weighted by atomic mass is 35.5. The predicted molar refractivity (Wildman–Crippen MR) is 58.3 cm³/mol. The van der Waals surface area contributed by atoms with E-state index in [2.05, 4.69) is 15.5 Å². The average Bonchev–Trinajstić information content (AvgIpc) is 2.69. The van der Waals surface area contributed by atoms with Gasteiger partial charge in [-0.05, 0) is 18.6 Å². The fourth-order valence-corrected chi connectivity index (χ4v) is 1.29. The third-order valence-corrected chi connectivity index (χ3v) is 2.20. The van der Waals surface area contributed by atoms with E-state index >= 15 is 0 Å². The molecule has 5 heteroatoms. The zero-order valence-electron chi connectivity index (χ0n) is 8.20. The highest BCUT2D eigenvalue weighted by molar-refractivity contribution is 6.16. The highest BCUT2D eigenvalue weighted by Gasteiger charge is 2.05. The second kappa shape index (κ2) is 4.31. The number of rotatable bonds is 3. The summed E-state index contributed by atoms with van der Waals surface area (Å²) in [6.07, 6.45) is 0. The Bertz CT molecular complexity index is 455. The molecule has 0 radical (unpaired) electrons. The summed E-state index contributed by atoms with van der Waals surface area (Å²) >= 11 is 5.55. The van der Waals surface area contributed by atoms with Crippen molar-refractivity contribution < 1.29 is 4.42 Å². The van der Waals surface area contributed by atoms with E-state index in [-0.39, 0.29) is 5.88 Å². The molecular formula is C10H10ClN3O. The van der Waals surface area contributed by atoms with E-state index in [1.165, 1.54) is 0 Å². The number of aromatic nitrogens is 2. The van der Waals surface area contributed by atoms with Crippen molar-refractivity contribution in [2.75, 3.05) is 5.32 Å². The van der Waals surface area contributed by atoms with E-state index in [1.807, 2.05) is 31.2 Å². The lowest BCUT2D eigenvalue weighted by Gasteiger charge is -2.03. The van der Waals surface area contributed by atoms with Crippen LogP contribution in [0.15, 0.2) is 28.7 Å². The molecule has 1 N–H and O–H groups in total. The second-order valence-corrected chi connectivity index (χ2v) is 3.34. The van der Waals surface area contributed by atoms with Gasteiger partial charge in [0, 0.05) is 5.69 Å². The van der Waals surface area contributed by atoms with Gasteiger partial charge in [-0.3, -0.25) is 0 Å².